The first-order valence-electron chi connectivity index (χ1n) is 5.48. The Morgan fingerprint density at radius 3 is 2.88 bits per heavy atom. The minimum absolute atomic E-state index is 0.198. The highest BCUT2D eigenvalue weighted by molar-refractivity contribution is 9.10. The lowest BCUT2D eigenvalue weighted by atomic mass is 10.3. The fourth-order valence-electron chi connectivity index (χ4n) is 1.71. The van der Waals surface area contributed by atoms with E-state index in [9.17, 15) is 0 Å². The number of pyridine rings is 1. The number of amidine groups is 1. The van der Waals surface area contributed by atoms with Crippen LogP contribution in [0.25, 0.3) is 0 Å². The molecule has 1 aliphatic carbocycles. The monoisotopic (exact) mass is 316 g/mol. The lowest BCUT2D eigenvalue weighted by molar-refractivity contribution is 0.781. The first kappa shape index (κ1) is 12.6. The van der Waals surface area contributed by atoms with Gasteiger partial charge in [-0.3, -0.25) is 5.41 Å². The summed E-state index contributed by atoms with van der Waals surface area (Å²) >= 11 is 9.53. The van der Waals surface area contributed by atoms with Crippen LogP contribution in [-0.2, 0) is 0 Å². The van der Waals surface area contributed by atoms with Gasteiger partial charge in [0.15, 0.2) is 0 Å². The normalized spacial score (nSPS) is 14.7. The standard InChI is InChI=1S/C11H14BrClN4/c12-7-5-9(13)11(16-6-7)17(8-1-2-8)4-3-10(14)15/h5-6,8H,1-4H2,(H3,14,15). The summed E-state index contributed by atoms with van der Waals surface area (Å²) < 4.78 is 0.869. The van der Waals surface area contributed by atoms with E-state index in [1.165, 1.54) is 0 Å². The lowest BCUT2D eigenvalue weighted by Gasteiger charge is -2.24. The smallest absolute Gasteiger partial charge is 0.147 e. The predicted molar refractivity (Wildman–Crippen MR) is 73.8 cm³/mol. The molecule has 0 saturated heterocycles. The van der Waals surface area contributed by atoms with Gasteiger partial charge in [0, 0.05) is 29.7 Å². The first-order valence-corrected chi connectivity index (χ1v) is 6.65. The van der Waals surface area contributed by atoms with E-state index in [0.29, 0.717) is 24.0 Å². The van der Waals surface area contributed by atoms with Crippen LogP contribution in [0.1, 0.15) is 19.3 Å². The van der Waals surface area contributed by atoms with Crippen molar-refractivity contribution in [2.24, 2.45) is 5.73 Å². The molecule has 6 heteroatoms. The molecule has 0 unspecified atom stereocenters. The number of aromatic nitrogens is 1. The van der Waals surface area contributed by atoms with E-state index in [0.717, 1.165) is 23.1 Å². The zero-order chi connectivity index (χ0) is 12.4. The largest absolute Gasteiger partial charge is 0.388 e. The average Bonchev–Trinajstić information content (AvgIpc) is 3.04. The van der Waals surface area contributed by atoms with Crippen LogP contribution in [0.2, 0.25) is 5.02 Å². The third kappa shape index (κ3) is 3.33. The van der Waals surface area contributed by atoms with Crippen molar-refractivity contribution < 1.29 is 0 Å². The molecule has 0 amide bonds. The SMILES string of the molecule is N=C(N)CCN(c1ncc(Br)cc1Cl)C1CC1. The number of hydrogen-bond acceptors (Lipinski definition) is 3. The van der Waals surface area contributed by atoms with Crippen LogP contribution >= 0.6 is 27.5 Å². The summed E-state index contributed by atoms with van der Waals surface area (Å²) in [5, 5.41) is 7.92. The highest BCUT2D eigenvalue weighted by atomic mass is 79.9. The van der Waals surface area contributed by atoms with Gasteiger partial charge in [0.1, 0.15) is 5.82 Å². The molecule has 0 atom stereocenters. The molecule has 3 N–H and O–H groups in total. The quantitative estimate of drug-likeness (QED) is 0.648. The van der Waals surface area contributed by atoms with Crippen molar-refractivity contribution in [1.29, 1.82) is 5.41 Å². The maximum atomic E-state index is 7.29. The summed E-state index contributed by atoms with van der Waals surface area (Å²) in [5.41, 5.74) is 5.40. The van der Waals surface area contributed by atoms with Gasteiger partial charge < -0.3 is 10.6 Å². The highest BCUT2D eigenvalue weighted by Gasteiger charge is 2.30. The minimum atomic E-state index is 0.198. The molecule has 0 aliphatic heterocycles. The number of hydrogen-bond donors (Lipinski definition) is 2. The second-order valence-electron chi connectivity index (χ2n) is 4.16. The molecule has 0 aromatic carbocycles. The van der Waals surface area contributed by atoms with Crippen LogP contribution in [-0.4, -0.2) is 23.4 Å². The topological polar surface area (TPSA) is 66.0 Å². The molecule has 0 bridgehead atoms. The van der Waals surface area contributed by atoms with Crippen molar-refractivity contribution in [3.05, 3.63) is 21.8 Å². The molecule has 0 radical (unpaired) electrons. The van der Waals surface area contributed by atoms with Gasteiger partial charge in [-0.05, 0) is 34.8 Å². The van der Waals surface area contributed by atoms with Crippen molar-refractivity contribution in [1.82, 2.24) is 4.98 Å². The van der Waals surface area contributed by atoms with Gasteiger partial charge in [-0.1, -0.05) is 11.6 Å². The first-order chi connectivity index (χ1) is 8.08. The Morgan fingerprint density at radius 2 is 2.35 bits per heavy atom. The highest BCUT2D eigenvalue weighted by Crippen LogP contribution is 2.35. The Hall–Kier alpha value is -0.810. The second-order valence-corrected chi connectivity index (χ2v) is 5.48. The maximum Gasteiger partial charge on any atom is 0.147 e. The molecule has 1 aromatic rings. The number of anilines is 1. The van der Waals surface area contributed by atoms with Crippen LogP contribution in [0, 0.1) is 5.41 Å². The summed E-state index contributed by atoms with van der Waals surface area (Å²) in [6.07, 6.45) is 4.60. The third-order valence-electron chi connectivity index (χ3n) is 2.67. The van der Waals surface area contributed by atoms with Crippen LogP contribution in [0.5, 0.6) is 0 Å². The number of halogens is 2. The Bertz CT molecular complexity index is 433. The summed E-state index contributed by atoms with van der Waals surface area (Å²) in [6, 6.07) is 2.34. The van der Waals surface area contributed by atoms with Gasteiger partial charge >= 0.3 is 0 Å². The molecule has 92 valence electrons. The van der Waals surface area contributed by atoms with Gasteiger partial charge in [-0.2, -0.15) is 0 Å². The van der Waals surface area contributed by atoms with E-state index in [1.807, 2.05) is 6.07 Å². The van der Waals surface area contributed by atoms with Gasteiger partial charge in [-0.25, -0.2) is 4.98 Å². The molecule has 1 saturated carbocycles. The van der Waals surface area contributed by atoms with E-state index < -0.39 is 0 Å². The molecule has 1 fully saturated rings. The molecule has 1 heterocycles. The minimum Gasteiger partial charge on any atom is -0.388 e. The van der Waals surface area contributed by atoms with E-state index in [1.54, 1.807) is 6.20 Å². The van der Waals surface area contributed by atoms with Gasteiger partial charge in [0.05, 0.1) is 10.9 Å². The van der Waals surface area contributed by atoms with Crippen LogP contribution in [0.15, 0.2) is 16.7 Å². The Labute approximate surface area is 114 Å². The molecular weight excluding hydrogens is 304 g/mol. The van der Waals surface area contributed by atoms with Crippen molar-refractivity contribution in [2.75, 3.05) is 11.4 Å². The fraction of sp³-hybridized carbons (Fsp3) is 0.455. The van der Waals surface area contributed by atoms with E-state index in [4.69, 9.17) is 22.7 Å². The van der Waals surface area contributed by atoms with Crippen molar-refractivity contribution >= 4 is 39.2 Å². The van der Waals surface area contributed by atoms with Crippen molar-refractivity contribution in [2.45, 2.75) is 25.3 Å². The number of rotatable bonds is 5. The number of nitrogens with two attached hydrogens (primary N) is 1. The second kappa shape index (κ2) is 5.23. The molecule has 1 aliphatic rings. The molecule has 1 aromatic heterocycles. The van der Waals surface area contributed by atoms with Gasteiger partial charge in [-0.15, -0.1) is 0 Å². The van der Waals surface area contributed by atoms with Crippen molar-refractivity contribution in [3.8, 4) is 0 Å². The summed E-state index contributed by atoms with van der Waals surface area (Å²) in [4.78, 5) is 6.50. The van der Waals surface area contributed by atoms with E-state index in [2.05, 4.69) is 25.8 Å². The Kier molecular flexibility index (Phi) is 3.89. The molecule has 17 heavy (non-hydrogen) atoms. The Balaban J connectivity index is 2.17. The summed E-state index contributed by atoms with van der Waals surface area (Å²) in [6.45, 7) is 0.703. The zero-order valence-electron chi connectivity index (χ0n) is 9.29. The fourth-order valence-corrected chi connectivity index (χ4v) is 2.45. The molecular formula is C11H14BrClN4. The van der Waals surface area contributed by atoms with E-state index >= 15 is 0 Å². The maximum absolute atomic E-state index is 7.29. The Morgan fingerprint density at radius 1 is 1.65 bits per heavy atom. The van der Waals surface area contributed by atoms with Crippen molar-refractivity contribution in [3.63, 3.8) is 0 Å². The molecule has 4 nitrogen and oxygen atoms in total. The number of nitrogens with zero attached hydrogens (tertiary/aromatic N) is 2. The third-order valence-corrected chi connectivity index (χ3v) is 3.38. The van der Waals surface area contributed by atoms with Crippen LogP contribution < -0.4 is 10.6 Å². The number of nitrogens with one attached hydrogen (secondary N) is 1. The van der Waals surface area contributed by atoms with Gasteiger partial charge in [0.25, 0.3) is 0 Å². The van der Waals surface area contributed by atoms with Crippen LogP contribution in [0.3, 0.4) is 0 Å². The lowest BCUT2D eigenvalue weighted by Crippen LogP contribution is -2.30. The zero-order valence-corrected chi connectivity index (χ0v) is 11.6. The van der Waals surface area contributed by atoms with E-state index in [-0.39, 0.29) is 5.84 Å². The predicted octanol–water partition coefficient (Wildman–Crippen LogP) is 2.79. The molecule has 2 rings (SSSR count). The average molecular weight is 318 g/mol. The summed E-state index contributed by atoms with van der Waals surface area (Å²) in [7, 11) is 0. The molecule has 0 spiro atoms. The summed E-state index contributed by atoms with van der Waals surface area (Å²) in [5.74, 6) is 0.988. The van der Waals surface area contributed by atoms with Gasteiger partial charge in [0.2, 0.25) is 0 Å². The van der Waals surface area contributed by atoms with Crippen LogP contribution in [0.4, 0.5) is 5.82 Å².